The topological polar surface area (TPSA) is 88.8 Å². The van der Waals surface area contributed by atoms with Crippen molar-refractivity contribution < 1.29 is 9.47 Å². The van der Waals surface area contributed by atoms with Crippen molar-refractivity contribution in [1.82, 2.24) is 19.7 Å². The predicted molar refractivity (Wildman–Crippen MR) is 136 cm³/mol. The lowest BCUT2D eigenvalue weighted by Gasteiger charge is -2.23. The van der Waals surface area contributed by atoms with Gasteiger partial charge in [-0.1, -0.05) is 33.8 Å². The molecule has 4 heterocycles. The molecule has 1 aliphatic heterocycles. The van der Waals surface area contributed by atoms with Crippen LogP contribution in [0.2, 0.25) is 0 Å². The third kappa shape index (κ3) is 5.46. The molecule has 0 aliphatic carbocycles. The number of pyridine rings is 1. The first-order chi connectivity index (χ1) is 16.7. The number of fused-ring (bicyclic) bond motifs is 1. The Morgan fingerprint density at radius 3 is 2.50 bits per heavy atom. The Kier molecular flexibility index (Phi) is 8.83. The second-order valence-corrected chi connectivity index (χ2v) is 7.48. The van der Waals surface area contributed by atoms with E-state index in [1.165, 1.54) is 0 Å². The van der Waals surface area contributed by atoms with Crippen LogP contribution in [-0.2, 0) is 11.8 Å². The number of nitrogens with zero attached hydrogens (tertiary/aromatic N) is 4. The summed E-state index contributed by atoms with van der Waals surface area (Å²) in [7, 11) is 1.89. The number of ether oxygens (including phenoxy) is 2. The van der Waals surface area contributed by atoms with Gasteiger partial charge in [0.15, 0.2) is 0 Å². The number of benzene rings is 1. The number of nitrogens with one attached hydrogen (secondary N) is 1. The molecule has 178 valence electrons. The lowest BCUT2D eigenvalue weighted by atomic mass is 10.0. The monoisotopic (exact) mass is 459 g/mol. The summed E-state index contributed by atoms with van der Waals surface area (Å²) in [6, 6.07) is 10.2. The molecule has 0 radical (unpaired) electrons. The summed E-state index contributed by atoms with van der Waals surface area (Å²) in [5.41, 5.74) is 5.29. The lowest BCUT2D eigenvalue weighted by Crippen LogP contribution is -2.26. The first kappa shape index (κ1) is 25.0. The van der Waals surface area contributed by atoms with E-state index in [1.54, 1.807) is 4.68 Å². The highest BCUT2D eigenvalue weighted by atomic mass is 16.5. The highest BCUT2D eigenvalue weighted by molar-refractivity contribution is 5.96. The lowest BCUT2D eigenvalue weighted by molar-refractivity contribution is 0.0254. The molecule has 3 aromatic heterocycles. The van der Waals surface area contributed by atoms with Crippen molar-refractivity contribution in [2.45, 2.75) is 46.6 Å². The molecule has 1 aromatic carbocycles. The van der Waals surface area contributed by atoms with Crippen molar-refractivity contribution in [2.75, 3.05) is 13.2 Å². The molecule has 1 saturated heterocycles. The second-order valence-electron chi connectivity index (χ2n) is 7.48. The zero-order valence-electron chi connectivity index (χ0n) is 20.6. The van der Waals surface area contributed by atoms with Gasteiger partial charge in [-0.3, -0.25) is 4.68 Å². The van der Waals surface area contributed by atoms with E-state index >= 15 is 0 Å². The van der Waals surface area contributed by atoms with E-state index in [9.17, 15) is 5.26 Å². The maximum atomic E-state index is 9.69. The summed E-state index contributed by atoms with van der Waals surface area (Å²) in [6.45, 7) is 9.40. The number of aryl methyl sites for hydroxylation is 1. The largest absolute Gasteiger partial charge is 0.489 e. The number of hydrogen-bond donors (Lipinski definition) is 1. The third-order valence-corrected chi connectivity index (χ3v) is 5.44. The van der Waals surface area contributed by atoms with Crippen molar-refractivity contribution in [1.29, 1.82) is 5.26 Å². The molecule has 1 aliphatic rings. The number of aromatic amines is 1. The van der Waals surface area contributed by atoms with Gasteiger partial charge in [0.25, 0.3) is 0 Å². The van der Waals surface area contributed by atoms with Gasteiger partial charge in [0.1, 0.15) is 23.6 Å². The smallest absolute Gasteiger partial charge is 0.137 e. The van der Waals surface area contributed by atoms with Crippen LogP contribution < -0.4 is 4.74 Å². The van der Waals surface area contributed by atoms with E-state index in [4.69, 9.17) is 9.47 Å². The van der Waals surface area contributed by atoms with Crippen molar-refractivity contribution in [3.8, 4) is 34.1 Å². The van der Waals surface area contributed by atoms with E-state index in [2.05, 4.69) is 27.2 Å². The standard InChI is InChI=1S/C23H21N5O2.2C2H6/c1-28-14-18(12-27-28)17-9-20-21(13-26-23(20)25-11-17)15-2-3-22(16(8-15)10-24)30-19-4-6-29-7-5-19;2*1-2/h2-3,8-9,11-14,19H,4-7H2,1H3,(H,25,26);2*1-2H3. The summed E-state index contributed by atoms with van der Waals surface area (Å²) in [5.74, 6) is 0.627. The molecule has 0 amide bonds. The fourth-order valence-electron chi connectivity index (χ4n) is 3.83. The van der Waals surface area contributed by atoms with Gasteiger partial charge in [-0.25, -0.2) is 4.98 Å². The highest BCUT2D eigenvalue weighted by Crippen LogP contribution is 2.33. The zero-order chi connectivity index (χ0) is 24.5. The quantitative estimate of drug-likeness (QED) is 0.398. The summed E-state index contributed by atoms with van der Waals surface area (Å²) < 4.78 is 13.2. The average molecular weight is 460 g/mol. The number of hydrogen-bond acceptors (Lipinski definition) is 5. The molecule has 0 saturated carbocycles. The molecular weight excluding hydrogens is 426 g/mol. The highest BCUT2D eigenvalue weighted by Gasteiger charge is 2.18. The fraction of sp³-hybridized carbons (Fsp3) is 0.370. The van der Waals surface area contributed by atoms with E-state index in [1.807, 2.05) is 77.7 Å². The van der Waals surface area contributed by atoms with Crippen molar-refractivity contribution >= 4 is 11.0 Å². The van der Waals surface area contributed by atoms with Crippen molar-refractivity contribution in [3.05, 3.63) is 54.6 Å². The number of nitriles is 1. The molecule has 0 atom stereocenters. The van der Waals surface area contributed by atoms with Crippen LogP contribution in [0.3, 0.4) is 0 Å². The van der Waals surface area contributed by atoms with Crippen molar-refractivity contribution in [2.24, 2.45) is 7.05 Å². The van der Waals surface area contributed by atoms with Crippen LogP contribution in [0.1, 0.15) is 46.1 Å². The van der Waals surface area contributed by atoms with E-state index in [0.29, 0.717) is 24.5 Å². The Morgan fingerprint density at radius 1 is 1.06 bits per heavy atom. The van der Waals surface area contributed by atoms with Gasteiger partial charge in [-0.2, -0.15) is 10.4 Å². The number of H-pyrrole nitrogens is 1. The maximum Gasteiger partial charge on any atom is 0.137 e. The van der Waals surface area contributed by atoms with Crippen molar-refractivity contribution in [3.63, 3.8) is 0 Å². The second kappa shape index (κ2) is 12.0. The number of rotatable bonds is 4. The Labute approximate surface area is 201 Å². The maximum absolute atomic E-state index is 9.69. The Bertz CT molecular complexity index is 1250. The van der Waals surface area contributed by atoms with Crippen LogP contribution in [-0.4, -0.2) is 39.1 Å². The van der Waals surface area contributed by atoms with Gasteiger partial charge < -0.3 is 14.5 Å². The Balaban J connectivity index is 0.000000771. The Morgan fingerprint density at radius 2 is 1.82 bits per heavy atom. The van der Waals surface area contributed by atoms with Gasteiger partial charge in [0, 0.05) is 60.6 Å². The normalized spacial score (nSPS) is 13.3. The van der Waals surface area contributed by atoms with Crippen LogP contribution in [0.4, 0.5) is 0 Å². The minimum atomic E-state index is 0.0935. The zero-order valence-corrected chi connectivity index (χ0v) is 20.6. The molecule has 7 nitrogen and oxygen atoms in total. The fourth-order valence-corrected chi connectivity index (χ4v) is 3.83. The first-order valence-corrected chi connectivity index (χ1v) is 12.0. The molecule has 0 unspecified atom stereocenters. The van der Waals surface area contributed by atoms with E-state index in [-0.39, 0.29) is 6.10 Å². The minimum absolute atomic E-state index is 0.0935. The molecule has 0 spiro atoms. The molecule has 1 fully saturated rings. The van der Waals surface area contributed by atoms with Crippen LogP contribution >= 0.6 is 0 Å². The van der Waals surface area contributed by atoms with Crippen LogP contribution in [0.25, 0.3) is 33.3 Å². The summed E-state index contributed by atoms with van der Waals surface area (Å²) in [6.07, 6.45) is 9.34. The van der Waals surface area contributed by atoms with Gasteiger partial charge in [0.2, 0.25) is 0 Å². The molecule has 5 rings (SSSR count). The molecule has 34 heavy (non-hydrogen) atoms. The third-order valence-electron chi connectivity index (χ3n) is 5.44. The molecule has 0 bridgehead atoms. The summed E-state index contributed by atoms with van der Waals surface area (Å²) in [4.78, 5) is 7.78. The molecule has 4 aromatic rings. The van der Waals surface area contributed by atoms with Crippen LogP contribution in [0.5, 0.6) is 5.75 Å². The molecular formula is C27H33N5O2. The molecule has 7 heteroatoms. The SMILES string of the molecule is CC.CC.Cn1cc(-c2cnc3[nH]cc(-c4ccc(OC5CCOCC5)c(C#N)c4)c3c2)cn1. The van der Waals surface area contributed by atoms with Gasteiger partial charge in [0.05, 0.1) is 25.0 Å². The van der Waals surface area contributed by atoms with Gasteiger partial charge in [-0.15, -0.1) is 0 Å². The number of aromatic nitrogens is 4. The van der Waals surface area contributed by atoms with Crippen LogP contribution in [0, 0.1) is 11.3 Å². The minimum Gasteiger partial charge on any atom is -0.489 e. The van der Waals surface area contributed by atoms with Gasteiger partial charge >= 0.3 is 0 Å². The predicted octanol–water partition coefficient (Wildman–Crippen LogP) is 6.11. The van der Waals surface area contributed by atoms with E-state index < -0.39 is 0 Å². The van der Waals surface area contributed by atoms with E-state index in [0.717, 1.165) is 46.1 Å². The van der Waals surface area contributed by atoms with Crippen LogP contribution in [0.15, 0.2) is 49.1 Å². The summed E-state index contributed by atoms with van der Waals surface area (Å²) in [5, 5.41) is 14.9. The average Bonchev–Trinajstić information content (AvgIpc) is 3.53. The first-order valence-electron chi connectivity index (χ1n) is 12.0. The Hall–Kier alpha value is -3.63. The van der Waals surface area contributed by atoms with Gasteiger partial charge in [-0.05, 0) is 23.8 Å². The molecule has 1 N–H and O–H groups in total. The summed E-state index contributed by atoms with van der Waals surface area (Å²) >= 11 is 0.